The zero-order valence-corrected chi connectivity index (χ0v) is 25.4. The van der Waals surface area contributed by atoms with Crippen molar-refractivity contribution in [2.75, 3.05) is 5.32 Å². The Balaban J connectivity index is 1.73. The maximum atomic E-state index is 14.3. The highest BCUT2D eigenvalue weighted by molar-refractivity contribution is 6.74. The van der Waals surface area contributed by atoms with E-state index in [9.17, 15) is 27.2 Å². The summed E-state index contributed by atoms with van der Waals surface area (Å²) in [7, 11) is -2.07. The molecule has 1 unspecified atom stereocenters. The number of amides is 2. The summed E-state index contributed by atoms with van der Waals surface area (Å²) in [6.07, 6.45) is -2.50. The first-order valence-electron chi connectivity index (χ1n) is 12.8. The lowest BCUT2D eigenvalue weighted by Crippen LogP contribution is -2.55. The Kier molecular flexibility index (Phi) is 9.97. The Labute approximate surface area is 242 Å². The molecule has 1 atom stereocenters. The Morgan fingerprint density at radius 3 is 2.30 bits per heavy atom. The predicted molar refractivity (Wildman–Crippen MR) is 149 cm³/mol. The van der Waals surface area contributed by atoms with E-state index < -0.39 is 43.7 Å². The van der Waals surface area contributed by atoms with Crippen LogP contribution in [0.15, 0.2) is 36.5 Å². The predicted octanol–water partition coefficient (Wildman–Crippen LogP) is 7.62. The molecule has 13 heteroatoms. The van der Waals surface area contributed by atoms with Gasteiger partial charge in [-0.15, -0.1) is 0 Å². The van der Waals surface area contributed by atoms with Crippen molar-refractivity contribution < 1.29 is 31.6 Å². The molecule has 0 aliphatic heterocycles. The van der Waals surface area contributed by atoms with Gasteiger partial charge in [-0.2, -0.15) is 13.2 Å². The molecule has 1 heterocycles. The van der Waals surface area contributed by atoms with Gasteiger partial charge < -0.3 is 9.74 Å². The SMILES string of the molecule is CC(C)(C)[Si](C)(C)OC1CC(C(C(=O)Nc2ncc(Cl)cc2F)N(Cl)C(=O)CCc2ccc(C(F)(F)F)cc2)C1. The molecule has 3 rings (SSSR count). The Bertz CT molecular complexity index is 1220. The average molecular weight is 623 g/mol. The van der Waals surface area contributed by atoms with E-state index in [0.29, 0.717) is 18.4 Å². The first kappa shape index (κ1) is 32.3. The van der Waals surface area contributed by atoms with Gasteiger partial charge in [0.15, 0.2) is 20.0 Å². The molecule has 0 spiro atoms. The minimum absolute atomic E-state index is 0.0145. The number of aryl methyl sites for hydroxylation is 1. The van der Waals surface area contributed by atoms with E-state index in [1.165, 1.54) is 18.3 Å². The van der Waals surface area contributed by atoms with Crippen molar-refractivity contribution in [3.05, 3.63) is 58.5 Å². The number of nitrogens with one attached hydrogen (secondary N) is 1. The molecule has 2 aromatic rings. The van der Waals surface area contributed by atoms with E-state index in [0.717, 1.165) is 22.6 Å². The van der Waals surface area contributed by atoms with Gasteiger partial charge in [0.2, 0.25) is 11.8 Å². The minimum Gasteiger partial charge on any atom is -0.414 e. The summed E-state index contributed by atoms with van der Waals surface area (Å²) in [5.41, 5.74) is -0.285. The highest BCUT2D eigenvalue weighted by Gasteiger charge is 2.47. The van der Waals surface area contributed by atoms with Crippen LogP contribution >= 0.6 is 23.4 Å². The number of halogens is 6. The van der Waals surface area contributed by atoms with Crippen LogP contribution in [0.2, 0.25) is 23.2 Å². The second-order valence-corrected chi connectivity index (χ2v) is 17.1. The third kappa shape index (κ3) is 7.95. The van der Waals surface area contributed by atoms with Gasteiger partial charge in [0.05, 0.1) is 10.6 Å². The van der Waals surface area contributed by atoms with E-state index in [4.69, 9.17) is 27.8 Å². The summed E-state index contributed by atoms with van der Waals surface area (Å²) in [6, 6.07) is 4.32. The molecule has 1 fully saturated rings. The monoisotopic (exact) mass is 621 g/mol. The van der Waals surface area contributed by atoms with Crippen molar-refractivity contribution in [1.29, 1.82) is 0 Å². The third-order valence-corrected chi connectivity index (χ3v) is 12.7. The van der Waals surface area contributed by atoms with Crippen molar-refractivity contribution in [2.45, 2.75) is 82.9 Å². The Morgan fingerprint density at radius 2 is 1.77 bits per heavy atom. The van der Waals surface area contributed by atoms with Crippen LogP contribution in [0.5, 0.6) is 0 Å². The number of carbonyl (C=O) groups is 2. The largest absolute Gasteiger partial charge is 0.416 e. The molecule has 1 saturated carbocycles. The summed E-state index contributed by atoms with van der Waals surface area (Å²) in [5, 5.41) is 2.44. The summed E-state index contributed by atoms with van der Waals surface area (Å²) < 4.78 is 60.1. The van der Waals surface area contributed by atoms with E-state index in [1.54, 1.807) is 0 Å². The average Bonchev–Trinajstić information content (AvgIpc) is 2.81. The van der Waals surface area contributed by atoms with Gasteiger partial charge in [-0.1, -0.05) is 44.5 Å². The number of alkyl halides is 3. The molecule has 2 amide bonds. The van der Waals surface area contributed by atoms with Gasteiger partial charge in [0, 0.05) is 30.5 Å². The fraction of sp³-hybridized carbons (Fsp3) is 0.519. The number of pyridine rings is 1. The number of hydrogen-bond acceptors (Lipinski definition) is 4. The van der Waals surface area contributed by atoms with Crippen LogP contribution < -0.4 is 5.32 Å². The number of aromatic nitrogens is 1. The molecular formula is C27H33Cl2F4N3O3Si. The number of carbonyl (C=O) groups excluding carboxylic acids is 2. The van der Waals surface area contributed by atoms with Gasteiger partial charge in [-0.25, -0.2) is 13.8 Å². The van der Waals surface area contributed by atoms with Gasteiger partial charge in [-0.3, -0.25) is 9.59 Å². The quantitative estimate of drug-likeness (QED) is 0.178. The zero-order valence-electron chi connectivity index (χ0n) is 22.9. The van der Waals surface area contributed by atoms with Crippen LogP contribution in [0, 0.1) is 11.7 Å². The molecule has 220 valence electrons. The van der Waals surface area contributed by atoms with Crippen LogP contribution in [0.25, 0.3) is 0 Å². The first-order chi connectivity index (χ1) is 18.4. The van der Waals surface area contributed by atoms with Crippen molar-refractivity contribution in [2.24, 2.45) is 5.92 Å². The summed E-state index contributed by atoms with van der Waals surface area (Å²) in [4.78, 5) is 30.2. The van der Waals surface area contributed by atoms with Crippen LogP contribution in [-0.4, -0.2) is 41.7 Å². The molecule has 0 bridgehead atoms. The summed E-state index contributed by atoms with van der Waals surface area (Å²) >= 11 is 12.2. The minimum atomic E-state index is -4.46. The van der Waals surface area contributed by atoms with Crippen molar-refractivity contribution in [3.63, 3.8) is 0 Å². The van der Waals surface area contributed by atoms with Gasteiger partial charge in [0.1, 0.15) is 6.04 Å². The topological polar surface area (TPSA) is 71.5 Å². The van der Waals surface area contributed by atoms with Crippen molar-refractivity contribution in [3.8, 4) is 0 Å². The van der Waals surface area contributed by atoms with Gasteiger partial charge in [-0.05, 0) is 67.1 Å². The lowest BCUT2D eigenvalue weighted by atomic mass is 9.76. The van der Waals surface area contributed by atoms with Crippen molar-refractivity contribution >= 4 is 49.3 Å². The normalized spacial score (nSPS) is 18.6. The number of hydrogen-bond donors (Lipinski definition) is 1. The zero-order chi connectivity index (χ0) is 30.0. The maximum Gasteiger partial charge on any atom is 0.416 e. The third-order valence-electron chi connectivity index (χ3n) is 7.55. The van der Waals surface area contributed by atoms with Crippen LogP contribution in [0.3, 0.4) is 0 Å². The van der Waals surface area contributed by atoms with Crippen molar-refractivity contribution in [1.82, 2.24) is 9.40 Å². The molecule has 1 N–H and O–H groups in total. The molecule has 6 nitrogen and oxygen atoms in total. The van der Waals surface area contributed by atoms with E-state index >= 15 is 0 Å². The number of benzene rings is 1. The summed E-state index contributed by atoms with van der Waals surface area (Å²) in [6.45, 7) is 10.6. The molecule has 1 aliphatic carbocycles. The highest BCUT2D eigenvalue weighted by Crippen LogP contribution is 2.43. The standard InChI is InChI=1S/C27H33Cl2F4N3O3Si/c1-26(2,3)40(4,5)39-20-12-17(13-20)23(25(38)35-24-21(30)14-19(28)15-34-24)36(29)22(37)11-8-16-6-9-18(10-7-16)27(31,32)33/h6-7,9-10,14-15,17,20,23H,8,11-13H2,1-5H3,(H,34,35,38). The smallest absolute Gasteiger partial charge is 0.414 e. The lowest BCUT2D eigenvalue weighted by Gasteiger charge is -2.47. The maximum absolute atomic E-state index is 14.3. The van der Waals surface area contributed by atoms with Gasteiger partial charge >= 0.3 is 6.18 Å². The molecule has 0 saturated heterocycles. The molecule has 0 radical (unpaired) electrons. The van der Waals surface area contributed by atoms with E-state index in [-0.39, 0.29) is 40.7 Å². The fourth-order valence-electron chi connectivity index (χ4n) is 4.13. The molecule has 1 aromatic heterocycles. The molecule has 40 heavy (non-hydrogen) atoms. The van der Waals surface area contributed by atoms with Crippen LogP contribution in [0.1, 0.15) is 51.2 Å². The number of rotatable bonds is 9. The first-order valence-corrected chi connectivity index (χ1v) is 16.4. The van der Waals surface area contributed by atoms with Crippen LogP contribution in [-0.2, 0) is 26.6 Å². The highest BCUT2D eigenvalue weighted by atomic mass is 35.5. The van der Waals surface area contributed by atoms with E-state index in [2.05, 4.69) is 44.2 Å². The second-order valence-electron chi connectivity index (χ2n) is 11.5. The number of anilines is 1. The fourth-order valence-corrected chi connectivity index (χ4v) is 5.98. The van der Waals surface area contributed by atoms with Gasteiger partial charge in [0.25, 0.3) is 0 Å². The van der Waals surface area contributed by atoms with Crippen LogP contribution in [0.4, 0.5) is 23.4 Å². The molecule has 1 aliphatic rings. The Hall–Kier alpha value is -2.21. The van der Waals surface area contributed by atoms with E-state index in [1.807, 2.05) is 0 Å². The lowest BCUT2D eigenvalue weighted by molar-refractivity contribution is -0.137. The summed E-state index contributed by atoms with van der Waals surface area (Å²) in [5.74, 6) is -2.88. The Morgan fingerprint density at radius 1 is 1.18 bits per heavy atom. The number of nitrogens with zero attached hydrogens (tertiary/aromatic N) is 2. The second kappa shape index (κ2) is 12.3. The molecule has 1 aromatic carbocycles. The molecular weight excluding hydrogens is 589 g/mol.